The minimum absolute atomic E-state index is 0.120. The van der Waals surface area contributed by atoms with E-state index in [4.69, 9.17) is 16.3 Å². The third-order valence-electron chi connectivity index (χ3n) is 7.10. The molecule has 5 rings (SSSR count). The zero-order valence-corrected chi connectivity index (χ0v) is 19.7. The summed E-state index contributed by atoms with van der Waals surface area (Å²) >= 11 is 6.44. The first-order chi connectivity index (χ1) is 15.9. The van der Waals surface area contributed by atoms with Crippen LogP contribution in [0.3, 0.4) is 0 Å². The third kappa shape index (κ3) is 3.76. The van der Waals surface area contributed by atoms with Crippen LogP contribution in [-0.2, 0) is 17.9 Å². The average Bonchev–Trinajstić information content (AvgIpc) is 3.45. The molecule has 2 aromatic carbocycles. The summed E-state index contributed by atoms with van der Waals surface area (Å²) < 4.78 is 7.36. The Kier molecular flexibility index (Phi) is 5.57. The first-order valence-corrected chi connectivity index (χ1v) is 11.8. The number of nitrogens with one attached hydrogen (secondary N) is 1. The van der Waals surface area contributed by atoms with E-state index in [0.717, 1.165) is 42.1 Å². The standard InChI is InChI=1S/C26H28ClN3O3/c1-26(25(32)28-19-8-4-5-9-19)16-29-22-14-20(33-2)12-11-17(22)13-23(29)24(31)30(26)15-18-7-3-6-10-21(18)27/h3,6-7,10-14,19H,4-5,8-9,15-16H2,1-2H3,(H,28,32)/t26-/m0/s1. The molecule has 33 heavy (non-hydrogen) atoms. The van der Waals surface area contributed by atoms with Crippen LogP contribution < -0.4 is 10.1 Å². The van der Waals surface area contributed by atoms with E-state index in [1.54, 1.807) is 12.0 Å². The number of fused-ring (bicyclic) bond motifs is 3. The van der Waals surface area contributed by atoms with Gasteiger partial charge in [-0.3, -0.25) is 9.59 Å². The molecule has 2 aliphatic rings. The first-order valence-electron chi connectivity index (χ1n) is 11.4. The molecule has 172 valence electrons. The molecule has 0 bridgehead atoms. The average molecular weight is 466 g/mol. The van der Waals surface area contributed by atoms with Gasteiger partial charge in [-0.25, -0.2) is 0 Å². The summed E-state index contributed by atoms with van der Waals surface area (Å²) in [6, 6.07) is 15.3. The number of amides is 2. The first kappa shape index (κ1) is 21.8. The summed E-state index contributed by atoms with van der Waals surface area (Å²) in [5, 5.41) is 4.75. The van der Waals surface area contributed by atoms with E-state index >= 15 is 0 Å². The van der Waals surface area contributed by atoms with Gasteiger partial charge in [0.15, 0.2) is 0 Å². The number of methoxy groups -OCH3 is 1. The van der Waals surface area contributed by atoms with Crippen molar-refractivity contribution in [1.82, 2.24) is 14.8 Å². The maximum atomic E-state index is 13.9. The van der Waals surface area contributed by atoms with E-state index in [2.05, 4.69) is 5.32 Å². The van der Waals surface area contributed by atoms with Gasteiger partial charge in [0.1, 0.15) is 17.0 Å². The molecule has 0 radical (unpaired) electrons. The Bertz CT molecular complexity index is 1230. The van der Waals surface area contributed by atoms with Gasteiger partial charge in [-0.2, -0.15) is 0 Å². The fourth-order valence-corrected chi connectivity index (χ4v) is 5.31. The maximum Gasteiger partial charge on any atom is 0.271 e. The van der Waals surface area contributed by atoms with Gasteiger partial charge < -0.3 is 19.5 Å². The van der Waals surface area contributed by atoms with Gasteiger partial charge >= 0.3 is 0 Å². The molecule has 1 atom stereocenters. The van der Waals surface area contributed by atoms with Crippen LogP contribution in [0, 0.1) is 0 Å². The number of aromatic nitrogens is 1. The van der Waals surface area contributed by atoms with Crippen LogP contribution in [0.15, 0.2) is 48.5 Å². The maximum absolute atomic E-state index is 13.9. The van der Waals surface area contributed by atoms with Crippen molar-refractivity contribution >= 4 is 34.3 Å². The second-order valence-electron chi connectivity index (χ2n) is 9.25. The van der Waals surface area contributed by atoms with Crippen LogP contribution in [0.25, 0.3) is 10.9 Å². The summed E-state index contributed by atoms with van der Waals surface area (Å²) in [6.45, 7) is 2.48. The fraction of sp³-hybridized carbons (Fsp3) is 0.385. The molecule has 0 spiro atoms. The van der Waals surface area contributed by atoms with Crippen LogP contribution >= 0.6 is 11.6 Å². The van der Waals surface area contributed by atoms with E-state index in [-0.39, 0.29) is 24.4 Å². The summed E-state index contributed by atoms with van der Waals surface area (Å²) in [4.78, 5) is 29.3. The molecule has 1 fully saturated rings. The highest BCUT2D eigenvalue weighted by molar-refractivity contribution is 6.31. The molecule has 0 saturated heterocycles. The summed E-state index contributed by atoms with van der Waals surface area (Å²) in [6.07, 6.45) is 4.20. The Morgan fingerprint density at radius 3 is 2.67 bits per heavy atom. The Balaban J connectivity index is 1.60. The van der Waals surface area contributed by atoms with Crippen LogP contribution in [0.1, 0.15) is 48.7 Å². The lowest BCUT2D eigenvalue weighted by Crippen LogP contribution is -2.64. The lowest BCUT2D eigenvalue weighted by Gasteiger charge is -2.44. The lowest BCUT2D eigenvalue weighted by atomic mass is 9.93. The minimum atomic E-state index is -1.07. The molecule has 6 nitrogen and oxygen atoms in total. The van der Waals surface area contributed by atoms with Crippen molar-refractivity contribution in [3.8, 4) is 5.75 Å². The van der Waals surface area contributed by atoms with Crippen molar-refractivity contribution in [2.75, 3.05) is 7.11 Å². The van der Waals surface area contributed by atoms with Crippen LogP contribution in [-0.4, -0.2) is 40.0 Å². The molecule has 0 unspecified atom stereocenters. The van der Waals surface area contributed by atoms with Gasteiger partial charge in [0, 0.05) is 29.1 Å². The number of nitrogens with zero attached hydrogens (tertiary/aromatic N) is 2. The normalized spacial score (nSPS) is 20.8. The second-order valence-corrected chi connectivity index (χ2v) is 9.66. The molecule has 2 amide bonds. The Hall–Kier alpha value is -2.99. The van der Waals surface area contributed by atoms with Gasteiger partial charge in [-0.1, -0.05) is 42.6 Å². The smallest absolute Gasteiger partial charge is 0.271 e. The van der Waals surface area contributed by atoms with Gasteiger partial charge in [-0.15, -0.1) is 0 Å². The largest absolute Gasteiger partial charge is 0.497 e. The predicted molar refractivity (Wildman–Crippen MR) is 129 cm³/mol. The van der Waals surface area contributed by atoms with E-state index in [9.17, 15) is 9.59 Å². The third-order valence-corrected chi connectivity index (χ3v) is 7.47. The van der Waals surface area contributed by atoms with Crippen LogP contribution in [0.2, 0.25) is 5.02 Å². The molecule has 1 N–H and O–H groups in total. The monoisotopic (exact) mass is 465 g/mol. The quantitative estimate of drug-likeness (QED) is 0.590. The molecule has 1 aliphatic carbocycles. The van der Waals surface area contributed by atoms with Crippen molar-refractivity contribution in [3.05, 3.63) is 64.8 Å². The molecular formula is C26H28ClN3O3. The number of carbonyl (C=O) groups excluding carboxylic acids is 2. The van der Waals surface area contributed by atoms with E-state index in [1.807, 2.05) is 60.0 Å². The zero-order valence-electron chi connectivity index (χ0n) is 18.9. The van der Waals surface area contributed by atoms with E-state index in [1.165, 1.54) is 0 Å². The van der Waals surface area contributed by atoms with Crippen molar-refractivity contribution in [2.24, 2.45) is 0 Å². The van der Waals surface area contributed by atoms with Crippen molar-refractivity contribution in [1.29, 1.82) is 0 Å². The van der Waals surface area contributed by atoms with Gasteiger partial charge in [0.05, 0.1) is 19.2 Å². The van der Waals surface area contributed by atoms with E-state index < -0.39 is 5.54 Å². The summed E-state index contributed by atoms with van der Waals surface area (Å²) in [5.74, 6) is 0.414. The fourth-order valence-electron chi connectivity index (χ4n) is 5.11. The SMILES string of the molecule is COc1ccc2cc3n(c2c1)C[C@@](C)(C(=O)NC1CCCC1)N(Cc1ccccc1Cl)C3=O. The molecular weight excluding hydrogens is 438 g/mol. The van der Waals surface area contributed by atoms with Gasteiger partial charge in [-0.05, 0) is 49.6 Å². The Morgan fingerprint density at radius 1 is 1.18 bits per heavy atom. The number of hydrogen-bond acceptors (Lipinski definition) is 3. The lowest BCUT2D eigenvalue weighted by molar-refractivity contribution is -0.133. The number of rotatable bonds is 5. The Labute approximate surface area is 198 Å². The highest BCUT2D eigenvalue weighted by Crippen LogP contribution is 2.36. The van der Waals surface area contributed by atoms with Crippen molar-refractivity contribution in [3.63, 3.8) is 0 Å². The molecule has 3 aromatic rings. The topological polar surface area (TPSA) is 63.6 Å². The minimum Gasteiger partial charge on any atom is -0.497 e. The molecule has 2 heterocycles. The number of benzene rings is 2. The number of hydrogen-bond donors (Lipinski definition) is 1. The molecule has 1 aliphatic heterocycles. The van der Waals surface area contributed by atoms with Crippen molar-refractivity contribution in [2.45, 2.75) is 57.3 Å². The Morgan fingerprint density at radius 2 is 1.94 bits per heavy atom. The highest BCUT2D eigenvalue weighted by Gasteiger charge is 2.48. The van der Waals surface area contributed by atoms with Crippen LogP contribution in [0.5, 0.6) is 5.75 Å². The zero-order chi connectivity index (χ0) is 23.2. The number of carbonyl (C=O) groups is 2. The molecule has 7 heteroatoms. The molecule has 1 aromatic heterocycles. The van der Waals surface area contributed by atoms with Crippen LogP contribution in [0.4, 0.5) is 0 Å². The highest BCUT2D eigenvalue weighted by atomic mass is 35.5. The number of ether oxygens (including phenoxy) is 1. The predicted octanol–water partition coefficient (Wildman–Crippen LogP) is 4.78. The number of halogens is 1. The van der Waals surface area contributed by atoms with Gasteiger partial charge in [0.2, 0.25) is 5.91 Å². The molecule has 1 saturated carbocycles. The van der Waals surface area contributed by atoms with Crippen molar-refractivity contribution < 1.29 is 14.3 Å². The van der Waals surface area contributed by atoms with Gasteiger partial charge in [0.25, 0.3) is 5.91 Å². The second kappa shape index (κ2) is 8.41. The summed E-state index contributed by atoms with van der Waals surface area (Å²) in [7, 11) is 1.62. The van der Waals surface area contributed by atoms with E-state index in [0.29, 0.717) is 23.0 Å². The summed E-state index contributed by atoms with van der Waals surface area (Å²) in [5.41, 5.74) is 1.20.